The van der Waals surface area contributed by atoms with Crippen LogP contribution in [0.25, 0.3) is 11.5 Å². The van der Waals surface area contributed by atoms with Crippen LogP contribution in [0.2, 0.25) is 5.02 Å². The number of hydrogen-bond acceptors (Lipinski definition) is 4. The molecule has 0 spiro atoms. The molecule has 1 unspecified atom stereocenters. The summed E-state index contributed by atoms with van der Waals surface area (Å²) in [6, 6.07) is 5.61. The van der Waals surface area contributed by atoms with Crippen LogP contribution in [0.15, 0.2) is 27.1 Å². The maximum absolute atomic E-state index is 6.01. The number of nitrogens with one attached hydrogen (secondary N) is 1. The number of rotatable bonds is 5. The Morgan fingerprint density at radius 3 is 2.74 bits per heavy atom. The number of aromatic nitrogens is 2. The maximum Gasteiger partial charge on any atom is 0.247 e. The van der Waals surface area contributed by atoms with Crippen LogP contribution >= 0.6 is 27.5 Å². The van der Waals surface area contributed by atoms with Gasteiger partial charge in [-0.2, -0.15) is 0 Å². The summed E-state index contributed by atoms with van der Waals surface area (Å²) in [5, 5.41) is 12.1. The van der Waals surface area contributed by atoms with E-state index in [-0.39, 0.29) is 6.04 Å². The lowest BCUT2D eigenvalue weighted by Gasteiger charge is -2.10. The van der Waals surface area contributed by atoms with Gasteiger partial charge in [0.1, 0.15) is 0 Å². The summed E-state index contributed by atoms with van der Waals surface area (Å²) in [7, 11) is 0. The van der Waals surface area contributed by atoms with Gasteiger partial charge in [0, 0.05) is 15.1 Å². The van der Waals surface area contributed by atoms with E-state index in [1.165, 1.54) is 0 Å². The van der Waals surface area contributed by atoms with Crippen LogP contribution in [0.3, 0.4) is 0 Å². The summed E-state index contributed by atoms with van der Waals surface area (Å²) in [5.41, 5.74) is 0.810. The van der Waals surface area contributed by atoms with Crippen LogP contribution in [0.5, 0.6) is 0 Å². The van der Waals surface area contributed by atoms with Crippen molar-refractivity contribution in [3.8, 4) is 11.5 Å². The standard InChI is InChI=1S/C13H15BrClN3O/c1-3-11(16-4-2)13-18-17-12(19-13)8-5-9(14)7-10(15)6-8/h5-7,11,16H,3-4H2,1-2H3. The van der Waals surface area contributed by atoms with Gasteiger partial charge in [0.05, 0.1) is 6.04 Å². The molecule has 4 nitrogen and oxygen atoms in total. The van der Waals surface area contributed by atoms with Crippen molar-refractivity contribution in [2.45, 2.75) is 26.3 Å². The van der Waals surface area contributed by atoms with E-state index in [1.807, 2.05) is 19.1 Å². The van der Waals surface area contributed by atoms with Crippen molar-refractivity contribution in [1.29, 1.82) is 0 Å². The molecule has 0 saturated heterocycles. The van der Waals surface area contributed by atoms with E-state index in [1.54, 1.807) is 6.07 Å². The molecule has 0 radical (unpaired) electrons. The molecule has 1 atom stereocenters. The zero-order valence-corrected chi connectivity index (χ0v) is 13.1. The molecule has 6 heteroatoms. The van der Waals surface area contributed by atoms with Crippen LogP contribution in [0.4, 0.5) is 0 Å². The smallest absolute Gasteiger partial charge is 0.247 e. The number of halogens is 2. The molecule has 0 aliphatic rings. The van der Waals surface area contributed by atoms with Gasteiger partial charge < -0.3 is 9.73 Å². The number of nitrogens with zero attached hydrogens (tertiary/aromatic N) is 2. The Balaban J connectivity index is 2.29. The van der Waals surface area contributed by atoms with Gasteiger partial charge in [-0.25, -0.2) is 0 Å². The van der Waals surface area contributed by atoms with E-state index in [4.69, 9.17) is 16.0 Å². The molecule has 1 N–H and O–H groups in total. The zero-order chi connectivity index (χ0) is 13.8. The summed E-state index contributed by atoms with van der Waals surface area (Å²) >= 11 is 9.41. The fourth-order valence-electron chi connectivity index (χ4n) is 1.82. The van der Waals surface area contributed by atoms with Gasteiger partial charge in [0.2, 0.25) is 11.8 Å². The Labute approximate surface area is 125 Å². The van der Waals surface area contributed by atoms with Gasteiger partial charge in [0.15, 0.2) is 0 Å². The lowest BCUT2D eigenvalue weighted by Crippen LogP contribution is -2.20. The topological polar surface area (TPSA) is 51.0 Å². The molecule has 1 aromatic carbocycles. The first-order chi connectivity index (χ1) is 9.13. The van der Waals surface area contributed by atoms with Gasteiger partial charge in [-0.3, -0.25) is 0 Å². The molecular weight excluding hydrogens is 330 g/mol. The van der Waals surface area contributed by atoms with Gasteiger partial charge in [-0.05, 0) is 31.2 Å². The lowest BCUT2D eigenvalue weighted by molar-refractivity contribution is 0.402. The monoisotopic (exact) mass is 343 g/mol. The second-order valence-corrected chi connectivity index (χ2v) is 5.47. The number of benzene rings is 1. The van der Waals surface area contributed by atoms with Gasteiger partial charge in [-0.1, -0.05) is 41.4 Å². The first-order valence-electron chi connectivity index (χ1n) is 6.17. The maximum atomic E-state index is 6.01. The van der Waals surface area contributed by atoms with Crippen LogP contribution in [0, 0.1) is 0 Å². The Morgan fingerprint density at radius 1 is 1.32 bits per heavy atom. The highest BCUT2D eigenvalue weighted by atomic mass is 79.9. The third-order valence-corrected chi connectivity index (χ3v) is 3.38. The normalized spacial score (nSPS) is 12.6. The first-order valence-corrected chi connectivity index (χ1v) is 7.34. The molecule has 2 rings (SSSR count). The van der Waals surface area contributed by atoms with E-state index in [0.717, 1.165) is 23.0 Å². The molecule has 0 aliphatic carbocycles. The van der Waals surface area contributed by atoms with E-state index in [0.29, 0.717) is 16.8 Å². The Bertz CT molecular complexity index is 538. The highest BCUT2D eigenvalue weighted by molar-refractivity contribution is 9.10. The predicted octanol–water partition coefficient (Wildman–Crippen LogP) is 4.21. The minimum atomic E-state index is 0.0916. The van der Waals surface area contributed by atoms with Crippen LogP contribution < -0.4 is 5.32 Å². The van der Waals surface area contributed by atoms with Crippen molar-refractivity contribution < 1.29 is 4.42 Å². The first kappa shape index (κ1) is 14.5. The van der Waals surface area contributed by atoms with Crippen molar-refractivity contribution >= 4 is 27.5 Å². The van der Waals surface area contributed by atoms with Crippen molar-refractivity contribution in [2.75, 3.05) is 6.54 Å². The Hall–Kier alpha value is -0.910. The van der Waals surface area contributed by atoms with E-state index < -0.39 is 0 Å². The minimum absolute atomic E-state index is 0.0916. The SMILES string of the molecule is CCNC(CC)c1nnc(-c2cc(Cl)cc(Br)c2)o1. The molecule has 1 heterocycles. The fourth-order valence-corrected chi connectivity index (χ4v) is 2.68. The van der Waals surface area contributed by atoms with Crippen LogP contribution in [-0.4, -0.2) is 16.7 Å². The second-order valence-electron chi connectivity index (χ2n) is 4.12. The average Bonchev–Trinajstić information content (AvgIpc) is 2.84. The lowest BCUT2D eigenvalue weighted by atomic mass is 10.2. The van der Waals surface area contributed by atoms with E-state index in [9.17, 15) is 0 Å². The third-order valence-electron chi connectivity index (χ3n) is 2.71. The summed E-state index contributed by atoms with van der Waals surface area (Å²) in [4.78, 5) is 0. The average molecular weight is 345 g/mol. The van der Waals surface area contributed by atoms with Crippen molar-refractivity contribution in [3.05, 3.63) is 33.6 Å². The van der Waals surface area contributed by atoms with Gasteiger partial charge in [0.25, 0.3) is 0 Å². The predicted molar refractivity (Wildman–Crippen MR) is 79.2 cm³/mol. The summed E-state index contributed by atoms with van der Waals surface area (Å²) in [6.07, 6.45) is 0.898. The molecule has 0 amide bonds. The highest BCUT2D eigenvalue weighted by Crippen LogP contribution is 2.28. The van der Waals surface area contributed by atoms with Crippen molar-refractivity contribution in [3.63, 3.8) is 0 Å². The molecule has 0 saturated carbocycles. The van der Waals surface area contributed by atoms with Gasteiger partial charge in [-0.15, -0.1) is 10.2 Å². The third kappa shape index (κ3) is 3.55. The molecule has 0 bridgehead atoms. The quantitative estimate of drug-likeness (QED) is 0.882. The van der Waals surface area contributed by atoms with Gasteiger partial charge >= 0.3 is 0 Å². The fraction of sp³-hybridized carbons (Fsp3) is 0.385. The highest BCUT2D eigenvalue weighted by Gasteiger charge is 2.17. The van der Waals surface area contributed by atoms with E-state index >= 15 is 0 Å². The summed E-state index contributed by atoms with van der Waals surface area (Å²) in [5.74, 6) is 1.09. The van der Waals surface area contributed by atoms with Crippen LogP contribution in [0.1, 0.15) is 32.2 Å². The second kappa shape index (κ2) is 6.50. The van der Waals surface area contributed by atoms with E-state index in [2.05, 4.69) is 38.4 Å². The number of hydrogen-bond donors (Lipinski definition) is 1. The summed E-state index contributed by atoms with van der Waals surface area (Å²) in [6.45, 7) is 4.99. The molecule has 1 aromatic heterocycles. The molecule has 2 aromatic rings. The molecule has 102 valence electrons. The zero-order valence-electron chi connectivity index (χ0n) is 10.8. The van der Waals surface area contributed by atoms with Crippen LogP contribution in [-0.2, 0) is 0 Å². The largest absolute Gasteiger partial charge is 0.419 e. The molecule has 0 fully saturated rings. The molecule has 0 aliphatic heterocycles. The molecule has 19 heavy (non-hydrogen) atoms. The van der Waals surface area contributed by atoms with Crippen molar-refractivity contribution in [2.24, 2.45) is 0 Å². The summed E-state index contributed by atoms with van der Waals surface area (Å²) < 4.78 is 6.60. The minimum Gasteiger partial charge on any atom is -0.419 e. The molecular formula is C13H15BrClN3O. The Kier molecular flexibility index (Phi) is 4.96. The Morgan fingerprint density at radius 2 is 2.11 bits per heavy atom. The van der Waals surface area contributed by atoms with Crippen molar-refractivity contribution in [1.82, 2.24) is 15.5 Å².